The molecule has 0 bridgehead atoms. The van der Waals surface area contributed by atoms with Gasteiger partial charge in [-0.2, -0.15) is 0 Å². The molecule has 0 unspecified atom stereocenters. The molecule has 0 aromatic carbocycles. The molecule has 2 saturated heterocycles. The summed E-state index contributed by atoms with van der Waals surface area (Å²) >= 11 is 0. The van der Waals surface area contributed by atoms with Crippen LogP contribution in [0.5, 0.6) is 0 Å². The summed E-state index contributed by atoms with van der Waals surface area (Å²) in [5.74, 6) is 1.92. The van der Waals surface area contributed by atoms with Gasteiger partial charge in [0.1, 0.15) is 5.60 Å². The Bertz CT molecular complexity index is 433. The van der Waals surface area contributed by atoms with Crippen LogP contribution in [0.3, 0.4) is 0 Å². The quantitative estimate of drug-likeness (QED) is 0.792. The first-order valence-electron chi connectivity index (χ1n) is 10.5. The molecule has 1 spiro atoms. The van der Waals surface area contributed by atoms with Crippen LogP contribution in [0.4, 0.5) is 4.79 Å². The second-order valence-corrected chi connectivity index (χ2v) is 9.84. The van der Waals surface area contributed by atoms with E-state index in [4.69, 9.17) is 4.74 Å². The highest BCUT2D eigenvalue weighted by Crippen LogP contribution is 2.48. The topological polar surface area (TPSA) is 41.6 Å². The molecule has 4 nitrogen and oxygen atoms in total. The van der Waals surface area contributed by atoms with Gasteiger partial charge >= 0.3 is 6.09 Å². The van der Waals surface area contributed by atoms with Crippen molar-refractivity contribution in [2.45, 2.75) is 84.2 Å². The molecule has 0 radical (unpaired) electrons. The van der Waals surface area contributed by atoms with Crippen LogP contribution in [0, 0.1) is 17.3 Å². The van der Waals surface area contributed by atoms with Crippen LogP contribution in [0.2, 0.25) is 0 Å². The lowest BCUT2D eigenvalue weighted by Crippen LogP contribution is -2.46. The van der Waals surface area contributed by atoms with E-state index in [1.54, 1.807) is 0 Å². The van der Waals surface area contributed by atoms with Crippen molar-refractivity contribution in [1.29, 1.82) is 0 Å². The molecule has 1 aliphatic carbocycles. The van der Waals surface area contributed by atoms with Crippen molar-refractivity contribution >= 4 is 6.09 Å². The third-order valence-corrected chi connectivity index (χ3v) is 6.77. The highest BCUT2D eigenvalue weighted by Gasteiger charge is 2.40. The van der Waals surface area contributed by atoms with Gasteiger partial charge in [0.2, 0.25) is 0 Å². The molecule has 1 saturated carbocycles. The Labute approximate surface area is 154 Å². The van der Waals surface area contributed by atoms with E-state index in [1.807, 2.05) is 25.7 Å². The normalized spacial score (nSPS) is 26.0. The maximum atomic E-state index is 12.3. The summed E-state index contributed by atoms with van der Waals surface area (Å²) in [5, 5.41) is 3.48. The maximum Gasteiger partial charge on any atom is 0.410 e. The van der Waals surface area contributed by atoms with Gasteiger partial charge in [-0.05, 0) is 109 Å². The Kier molecular flexibility index (Phi) is 5.97. The van der Waals surface area contributed by atoms with Gasteiger partial charge in [0.15, 0.2) is 0 Å². The van der Waals surface area contributed by atoms with Crippen LogP contribution in [-0.4, -0.2) is 42.8 Å². The summed E-state index contributed by atoms with van der Waals surface area (Å²) < 4.78 is 5.54. The molecule has 0 aromatic heterocycles. The predicted molar refractivity (Wildman–Crippen MR) is 102 cm³/mol. The number of rotatable bonds is 2. The molecule has 0 aromatic rings. The number of hydrogen-bond acceptors (Lipinski definition) is 3. The first-order valence-corrected chi connectivity index (χ1v) is 10.5. The SMILES string of the molecule is CC(C)(C)OC(=O)N1CCC2(CCC(CC3CCNCC3)CC2)CC1. The average molecular weight is 351 g/mol. The van der Waals surface area contributed by atoms with E-state index in [1.165, 1.54) is 70.9 Å². The number of likely N-dealkylation sites (tertiary alicyclic amines) is 1. The first-order chi connectivity index (χ1) is 11.9. The number of carbonyl (C=O) groups is 1. The summed E-state index contributed by atoms with van der Waals surface area (Å²) in [6.07, 6.45) is 12.0. The van der Waals surface area contributed by atoms with Crippen molar-refractivity contribution in [3.63, 3.8) is 0 Å². The Balaban J connectivity index is 1.41. The summed E-state index contributed by atoms with van der Waals surface area (Å²) in [5.41, 5.74) is 0.127. The van der Waals surface area contributed by atoms with Gasteiger partial charge in [0.05, 0.1) is 0 Å². The molecule has 4 heteroatoms. The van der Waals surface area contributed by atoms with Gasteiger partial charge in [-0.1, -0.05) is 0 Å². The fraction of sp³-hybridized carbons (Fsp3) is 0.952. The standard InChI is InChI=1S/C21H38N2O2/c1-20(2,3)25-19(24)23-14-10-21(11-15-23)8-4-17(5-9-21)16-18-6-12-22-13-7-18/h17-18,22H,4-16H2,1-3H3. The molecule has 144 valence electrons. The van der Waals surface area contributed by atoms with Gasteiger partial charge in [0, 0.05) is 13.1 Å². The molecule has 25 heavy (non-hydrogen) atoms. The van der Waals surface area contributed by atoms with Gasteiger partial charge in [-0.15, -0.1) is 0 Å². The second-order valence-electron chi connectivity index (χ2n) is 9.84. The molecule has 3 rings (SSSR count). The zero-order valence-corrected chi connectivity index (χ0v) is 16.6. The van der Waals surface area contributed by atoms with Gasteiger partial charge in [-0.3, -0.25) is 0 Å². The Morgan fingerprint density at radius 1 is 1.00 bits per heavy atom. The number of ether oxygens (including phenoxy) is 1. The Hall–Kier alpha value is -0.770. The van der Waals surface area contributed by atoms with Crippen LogP contribution in [0.1, 0.15) is 78.6 Å². The third-order valence-electron chi connectivity index (χ3n) is 6.77. The lowest BCUT2D eigenvalue weighted by molar-refractivity contribution is 0.000402. The van der Waals surface area contributed by atoms with Gasteiger partial charge in [0.25, 0.3) is 0 Å². The number of nitrogens with one attached hydrogen (secondary N) is 1. The highest BCUT2D eigenvalue weighted by atomic mass is 16.6. The third kappa shape index (κ3) is 5.35. The van der Waals surface area contributed by atoms with Gasteiger partial charge in [-0.25, -0.2) is 4.79 Å². The largest absolute Gasteiger partial charge is 0.444 e. The number of hydrogen-bond donors (Lipinski definition) is 1. The first kappa shape index (κ1) is 19.0. The van der Waals surface area contributed by atoms with Crippen molar-refractivity contribution in [3.05, 3.63) is 0 Å². The second kappa shape index (κ2) is 7.85. The van der Waals surface area contributed by atoms with Crippen LogP contribution in [-0.2, 0) is 4.74 Å². The van der Waals surface area contributed by atoms with Crippen LogP contribution >= 0.6 is 0 Å². The zero-order chi connectivity index (χ0) is 17.9. The van der Waals surface area contributed by atoms with Crippen LogP contribution in [0.15, 0.2) is 0 Å². The van der Waals surface area contributed by atoms with E-state index in [-0.39, 0.29) is 11.7 Å². The van der Waals surface area contributed by atoms with E-state index in [9.17, 15) is 4.79 Å². The zero-order valence-electron chi connectivity index (χ0n) is 16.6. The van der Waals surface area contributed by atoms with Crippen molar-refractivity contribution in [1.82, 2.24) is 10.2 Å². The van der Waals surface area contributed by atoms with E-state index < -0.39 is 0 Å². The monoisotopic (exact) mass is 350 g/mol. The summed E-state index contributed by atoms with van der Waals surface area (Å²) in [6.45, 7) is 10.0. The molecule has 3 fully saturated rings. The molecule has 2 heterocycles. The lowest BCUT2D eigenvalue weighted by Gasteiger charge is -2.46. The summed E-state index contributed by atoms with van der Waals surface area (Å²) in [7, 11) is 0. The Morgan fingerprint density at radius 3 is 2.12 bits per heavy atom. The van der Waals surface area contributed by atoms with E-state index >= 15 is 0 Å². The minimum absolute atomic E-state index is 0.123. The molecule has 0 atom stereocenters. The minimum atomic E-state index is -0.390. The number of carbonyl (C=O) groups excluding carboxylic acids is 1. The van der Waals surface area contributed by atoms with E-state index in [0.717, 1.165) is 24.9 Å². The van der Waals surface area contributed by atoms with E-state index in [2.05, 4.69) is 5.32 Å². The number of nitrogens with zero attached hydrogens (tertiary/aromatic N) is 1. The fourth-order valence-corrected chi connectivity index (χ4v) is 5.10. The maximum absolute atomic E-state index is 12.3. The minimum Gasteiger partial charge on any atom is -0.444 e. The molecule has 2 aliphatic heterocycles. The van der Waals surface area contributed by atoms with E-state index in [0.29, 0.717) is 5.41 Å². The highest BCUT2D eigenvalue weighted by molar-refractivity contribution is 5.68. The Morgan fingerprint density at radius 2 is 1.56 bits per heavy atom. The predicted octanol–water partition coefficient (Wildman–Crippen LogP) is 4.58. The average Bonchev–Trinajstić information content (AvgIpc) is 2.57. The molecular weight excluding hydrogens is 312 g/mol. The van der Waals surface area contributed by atoms with Gasteiger partial charge < -0.3 is 15.0 Å². The number of piperidine rings is 2. The smallest absolute Gasteiger partial charge is 0.410 e. The van der Waals surface area contributed by atoms with Crippen molar-refractivity contribution in [2.75, 3.05) is 26.2 Å². The lowest BCUT2D eigenvalue weighted by atomic mass is 9.64. The molecule has 1 amide bonds. The van der Waals surface area contributed by atoms with Crippen LogP contribution in [0.25, 0.3) is 0 Å². The molecule has 1 N–H and O–H groups in total. The van der Waals surface area contributed by atoms with Crippen molar-refractivity contribution in [3.8, 4) is 0 Å². The van der Waals surface area contributed by atoms with Crippen LogP contribution < -0.4 is 5.32 Å². The molecular formula is C21H38N2O2. The summed E-state index contributed by atoms with van der Waals surface area (Å²) in [4.78, 5) is 14.2. The fourth-order valence-electron chi connectivity index (χ4n) is 5.10. The summed E-state index contributed by atoms with van der Waals surface area (Å²) in [6, 6.07) is 0. The molecule has 3 aliphatic rings. The van der Waals surface area contributed by atoms with Crippen molar-refractivity contribution < 1.29 is 9.53 Å². The van der Waals surface area contributed by atoms with Crippen molar-refractivity contribution in [2.24, 2.45) is 17.3 Å². The number of amides is 1.